The molecule has 0 aromatic heterocycles. The highest BCUT2D eigenvalue weighted by Gasteiger charge is 2.16. The summed E-state index contributed by atoms with van der Waals surface area (Å²) in [7, 11) is 0. The summed E-state index contributed by atoms with van der Waals surface area (Å²) in [4.78, 5) is 14.9. The number of carbonyl (C=O) groups is 1. The largest absolute Gasteiger partial charge is 0.369 e. The van der Waals surface area contributed by atoms with E-state index in [1.165, 1.54) is 5.69 Å². The van der Waals surface area contributed by atoms with Gasteiger partial charge in [0, 0.05) is 36.9 Å². The van der Waals surface area contributed by atoms with Gasteiger partial charge < -0.3 is 9.69 Å². The molecular weight excluding hydrogens is 224 g/mol. The summed E-state index contributed by atoms with van der Waals surface area (Å²) in [5.74, 6) is 0. The average Bonchev–Trinajstić information content (AvgIpc) is 2.30. The summed E-state index contributed by atoms with van der Waals surface area (Å²) in [5, 5.41) is 0.771. The van der Waals surface area contributed by atoms with Crippen LogP contribution in [0.4, 0.5) is 5.69 Å². The normalized spacial score (nSPS) is 17.4. The molecule has 1 saturated heterocycles. The molecule has 1 fully saturated rings. The van der Waals surface area contributed by atoms with Crippen LogP contribution >= 0.6 is 11.6 Å². The molecule has 86 valence electrons. The Morgan fingerprint density at radius 2 is 2.00 bits per heavy atom. The van der Waals surface area contributed by atoms with Gasteiger partial charge in [-0.2, -0.15) is 0 Å². The first-order valence-corrected chi connectivity index (χ1v) is 5.84. The van der Waals surface area contributed by atoms with Gasteiger partial charge >= 0.3 is 0 Å². The smallest absolute Gasteiger partial charge is 0.133 e. The van der Waals surface area contributed by atoms with Crippen LogP contribution in [-0.2, 0) is 4.79 Å². The van der Waals surface area contributed by atoms with Gasteiger partial charge in [-0.25, -0.2) is 0 Å². The lowest BCUT2D eigenvalue weighted by Crippen LogP contribution is -2.46. The van der Waals surface area contributed by atoms with Crippen molar-refractivity contribution in [3.8, 4) is 0 Å². The highest BCUT2D eigenvalue weighted by Crippen LogP contribution is 2.20. The van der Waals surface area contributed by atoms with E-state index in [-0.39, 0.29) is 0 Å². The fourth-order valence-electron chi connectivity index (χ4n) is 1.97. The van der Waals surface area contributed by atoms with E-state index in [2.05, 4.69) is 15.9 Å². The molecule has 0 atom stereocenters. The lowest BCUT2D eigenvalue weighted by Gasteiger charge is -2.35. The van der Waals surface area contributed by atoms with Gasteiger partial charge in [0.25, 0.3) is 0 Å². The van der Waals surface area contributed by atoms with Gasteiger partial charge in [-0.05, 0) is 18.2 Å². The van der Waals surface area contributed by atoms with Crippen molar-refractivity contribution in [2.75, 3.05) is 37.6 Å². The van der Waals surface area contributed by atoms with E-state index in [9.17, 15) is 4.79 Å². The summed E-state index contributed by atoms with van der Waals surface area (Å²) in [6.07, 6.45) is 0.967. The molecular formula is C12H15ClN2O. The molecule has 4 heteroatoms. The van der Waals surface area contributed by atoms with Crippen molar-refractivity contribution in [3.05, 3.63) is 29.3 Å². The Hall–Kier alpha value is -1.06. The second kappa shape index (κ2) is 5.32. The molecule has 0 spiro atoms. The van der Waals surface area contributed by atoms with Gasteiger partial charge in [0.05, 0.1) is 6.54 Å². The van der Waals surface area contributed by atoms with E-state index >= 15 is 0 Å². The molecule has 0 aliphatic carbocycles. The molecule has 0 unspecified atom stereocenters. The van der Waals surface area contributed by atoms with Crippen LogP contribution in [-0.4, -0.2) is 43.9 Å². The van der Waals surface area contributed by atoms with Crippen molar-refractivity contribution < 1.29 is 4.79 Å². The van der Waals surface area contributed by atoms with E-state index in [4.69, 9.17) is 11.6 Å². The number of hydrogen-bond donors (Lipinski definition) is 0. The molecule has 1 aliphatic rings. The summed E-state index contributed by atoms with van der Waals surface area (Å²) < 4.78 is 0. The first-order chi connectivity index (χ1) is 7.79. The van der Waals surface area contributed by atoms with Crippen LogP contribution in [0.2, 0.25) is 5.02 Å². The highest BCUT2D eigenvalue weighted by molar-refractivity contribution is 6.30. The predicted molar refractivity (Wildman–Crippen MR) is 66.2 cm³/mol. The van der Waals surface area contributed by atoms with Gasteiger partial charge in [-0.15, -0.1) is 0 Å². The third-order valence-corrected chi connectivity index (χ3v) is 3.11. The first kappa shape index (κ1) is 11.4. The number of halogens is 1. The zero-order chi connectivity index (χ0) is 11.4. The van der Waals surface area contributed by atoms with Crippen molar-refractivity contribution in [2.24, 2.45) is 0 Å². The molecule has 2 rings (SSSR count). The number of aldehydes is 1. The molecule has 3 nitrogen and oxygen atoms in total. The molecule has 1 aliphatic heterocycles. The molecule has 1 aromatic carbocycles. The highest BCUT2D eigenvalue weighted by atomic mass is 35.5. The molecule has 0 bridgehead atoms. The fraction of sp³-hybridized carbons (Fsp3) is 0.417. The van der Waals surface area contributed by atoms with Crippen LogP contribution < -0.4 is 4.90 Å². The van der Waals surface area contributed by atoms with Crippen LogP contribution in [0.25, 0.3) is 0 Å². The minimum atomic E-state index is 0.545. The van der Waals surface area contributed by atoms with E-state index in [1.807, 2.05) is 18.2 Å². The Morgan fingerprint density at radius 3 is 2.62 bits per heavy atom. The second-order valence-electron chi connectivity index (χ2n) is 3.93. The zero-order valence-corrected chi connectivity index (χ0v) is 9.86. The number of nitrogens with zero attached hydrogens (tertiary/aromatic N) is 2. The van der Waals surface area contributed by atoms with E-state index < -0.39 is 0 Å². The maximum atomic E-state index is 10.4. The average molecular weight is 239 g/mol. The van der Waals surface area contributed by atoms with Crippen LogP contribution in [0.1, 0.15) is 0 Å². The fourth-order valence-corrected chi connectivity index (χ4v) is 2.15. The molecule has 0 amide bonds. The van der Waals surface area contributed by atoms with Crippen molar-refractivity contribution in [1.82, 2.24) is 4.90 Å². The number of benzene rings is 1. The lowest BCUT2D eigenvalue weighted by molar-refractivity contribution is -0.108. The van der Waals surface area contributed by atoms with Crippen molar-refractivity contribution >= 4 is 23.6 Å². The lowest BCUT2D eigenvalue weighted by atomic mass is 10.2. The summed E-state index contributed by atoms with van der Waals surface area (Å²) in [5.41, 5.74) is 1.17. The zero-order valence-electron chi connectivity index (χ0n) is 9.10. The SMILES string of the molecule is O=CCN1CCN(c2cccc(Cl)c2)CC1. The minimum absolute atomic E-state index is 0.545. The third-order valence-electron chi connectivity index (χ3n) is 2.88. The Morgan fingerprint density at radius 1 is 1.25 bits per heavy atom. The summed E-state index contributed by atoms with van der Waals surface area (Å²) >= 11 is 5.96. The van der Waals surface area contributed by atoms with E-state index in [0.29, 0.717) is 6.54 Å². The van der Waals surface area contributed by atoms with Gasteiger partial charge in [0.2, 0.25) is 0 Å². The molecule has 0 N–H and O–H groups in total. The number of piperazine rings is 1. The molecule has 16 heavy (non-hydrogen) atoms. The first-order valence-electron chi connectivity index (χ1n) is 5.46. The van der Waals surface area contributed by atoms with Crippen LogP contribution in [0.3, 0.4) is 0 Å². The molecule has 1 aromatic rings. The van der Waals surface area contributed by atoms with Gasteiger partial charge in [0.1, 0.15) is 6.29 Å². The number of carbonyl (C=O) groups excluding carboxylic acids is 1. The van der Waals surface area contributed by atoms with Crippen molar-refractivity contribution in [1.29, 1.82) is 0 Å². The van der Waals surface area contributed by atoms with E-state index in [0.717, 1.165) is 37.5 Å². The summed E-state index contributed by atoms with van der Waals surface area (Å²) in [6.45, 7) is 4.32. The molecule has 1 heterocycles. The third kappa shape index (κ3) is 2.74. The number of hydrogen-bond acceptors (Lipinski definition) is 3. The maximum Gasteiger partial charge on any atom is 0.133 e. The van der Waals surface area contributed by atoms with Crippen molar-refractivity contribution in [2.45, 2.75) is 0 Å². The Balaban J connectivity index is 1.96. The minimum Gasteiger partial charge on any atom is -0.369 e. The molecule has 0 saturated carbocycles. The van der Waals surface area contributed by atoms with Gasteiger partial charge in [-0.1, -0.05) is 17.7 Å². The predicted octanol–water partition coefficient (Wildman–Crippen LogP) is 1.66. The molecule has 0 radical (unpaired) electrons. The van der Waals surface area contributed by atoms with Crippen LogP contribution in [0, 0.1) is 0 Å². The Labute approximate surface area is 101 Å². The van der Waals surface area contributed by atoms with Crippen LogP contribution in [0.5, 0.6) is 0 Å². The number of rotatable bonds is 3. The van der Waals surface area contributed by atoms with Crippen LogP contribution in [0.15, 0.2) is 24.3 Å². The van der Waals surface area contributed by atoms with Crippen molar-refractivity contribution in [3.63, 3.8) is 0 Å². The van der Waals surface area contributed by atoms with Gasteiger partial charge in [-0.3, -0.25) is 4.90 Å². The van der Waals surface area contributed by atoms with E-state index in [1.54, 1.807) is 0 Å². The van der Waals surface area contributed by atoms with Gasteiger partial charge in [0.15, 0.2) is 0 Å². The standard InChI is InChI=1S/C12H15ClN2O/c13-11-2-1-3-12(10-11)15-6-4-14(5-7-15)8-9-16/h1-3,9-10H,4-8H2. The topological polar surface area (TPSA) is 23.6 Å². The quantitative estimate of drug-likeness (QED) is 0.749. The monoisotopic (exact) mass is 238 g/mol. The maximum absolute atomic E-state index is 10.4. The Kier molecular flexibility index (Phi) is 3.80. The second-order valence-corrected chi connectivity index (χ2v) is 4.37. The number of anilines is 1. The Bertz CT molecular complexity index is 362. The summed E-state index contributed by atoms with van der Waals surface area (Å²) in [6, 6.07) is 7.90.